The number of anilines is 1. The number of hydrogen-bond acceptors (Lipinski definition) is 3. The summed E-state index contributed by atoms with van der Waals surface area (Å²) in [4.78, 5) is 26.3. The summed E-state index contributed by atoms with van der Waals surface area (Å²) in [5, 5.41) is 4.46. The van der Waals surface area contributed by atoms with E-state index in [0.29, 0.717) is 4.88 Å². The fourth-order valence-electron chi connectivity index (χ4n) is 2.85. The second-order valence-corrected chi connectivity index (χ2v) is 7.20. The van der Waals surface area contributed by atoms with Crippen LogP contribution in [0.5, 0.6) is 0 Å². The Hall–Kier alpha value is -2.35. The van der Waals surface area contributed by atoms with Crippen molar-refractivity contribution in [1.82, 2.24) is 5.32 Å². The summed E-state index contributed by atoms with van der Waals surface area (Å²) in [6.45, 7) is -1.42. The number of nitrogens with one attached hydrogen (secondary N) is 2. The van der Waals surface area contributed by atoms with Gasteiger partial charge in [0.1, 0.15) is 6.54 Å². The Bertz CT molecular complexity index is 807. The van der Waals surface area contributed by atoms with Crippen molar-refractivity contribution in [2.45, 2.75) is 31.9 Å². The zero-order valence-corrected chi connectivity index (χ0v) is 14.6. The number of halogens is 3. The van der Waals surface area contributed by atoms with Gasteiger partial charge in [-0.05, 0) is 49.4 Å². The van der Waals surface area contributed by atoms with Crippen molar-refractivity contribution >= 4 is 28.8 Å². The molecule has 0 saturated carbocycles. The molecule has 1 aliphatic rings. The summed E-state index contributed by atoms with van der Waals surface area (Å²) in [5.74, 6) is -1.25. The van der Waals surface area contributed by atoms with Gasteiger partial charge in [0.25, 0.3) is 11.8 Å². The van der Waals surface area contributed by atoms with Crippen molar-refractivity contribution in [3.05, 3.63) is 51.2 Å². The summed E-state index contributed by atoms with van der Waals surface area (Å²) in [7, 11) is 0. The SMILES string of the molecule is O=C(Nc1ccccc1C(=O)NCC(F)(F)F)c1cc2c(s1)CCCC2. The average molecular weight is 382 g/mol. The zero-order chi connectivity index (χ0) is 18.7. The number of benzene rings is 1. The number of rotatable bonds is 4. The third-order valence-corrected chi connectivity index (χ3v) is 5.33. The second kappa shape index (κ2) is 7.49. The van der Waals surface area contributed by atoms with E-state index in [1.807, 2.05) is 11.4 Å². The number of para-hydroxylation sites is 1. The standard InChI is InChI=1S/C18H17F3N2O2S/c19-18(20,21)10-22-16(24)12-6-2-3-7-13(12)23-17(25)15-9-11-5-1-4-8-14(11)26-15/h2-3,6-7,9H,1,4-5,8,10H2,(H,22,24)(H,23,25). The molecule has 1 aromatic heterocycles. The Balaban J connectivity index is 1.74. The quantitative estimate of drug-likeness (QED) is 0.834. The van der Waals surface area contributed by atoms with Crippen LogP contribution in [-0.4, -0.2) is 24.5 Å². The molecule has 1 heterocycles. The van der Waals surface area contributed by atoms with Crippen LogP contribution in [0.15, 0.2) is 30.3 Å². The van der Waals surface area contributed by atoms with E-state index in [4.69, 9.17) is 0 Å². The predicted molar refractivity (Wildman–Crippen MR) is 93.7 cm³/mol. The van der Waals surface area contributed by atoms with Crippen molar-refractivity contribution in [3.63, 3.8) is 0 Å². The number of amides is 2. The van der Waals surface area contributed by atoms with Gasteiger partial charge in [-0.2, -0.15) is 13.2 Å². The van der Waals surface area contributed by atoms with Crippen LogP contribution in [0.25, 0.3) is 0 Å². The van der Waals surface area contributed by atoms with Gasteiger partial charge in [-0.15, -0.1) is 11.3 Å². The highest BCUT2D eigenvalue weighted by atomic mass is 32.1. The van der Waals surface area contributed by atoms with Gasteiger partial charge >= 0.3 is 6.18 Å². The Kier molecular flexibility index (Phi) is 5.31. The summed E-state index contributed by atoms with van der Waals surface area (Å²) in [5.41, 5.74) is 1.36. The molecule has 0 radical (unpaired) electrons. The van der Waals surface area contributed by atoms with Crippen LogP contribution < -0.4 is 10.6 Å². The Morgan fingerprint density at radius 3 is 2.54 bits per heavy atom. The van der Waals surface area contributed by atoms with Crippen molar-refractivity contribution in [2.75, 3.05) is 11.9 Å². The van der Waals surface area contributed by atoms with Crippen LogP contribution >= 0.6 is 11.3 Å². The van der Waals surface area contributed by atoms with E-state index in [0.717, 1.165) is 25.7 Å². The Labute approximate surface area is 152 Å². The molecule has 2 N–H and O–H groups in total. The molecule has 138 valence electrons. The maximum Gasteiger partial charge on any atom is 0.405 e. The lowest BCUT2D eigenvalue weighted by Crippen LogP contribution is -2.34. The highest BCUT2D eigenvalue weighted by Crippen LogP contribution is 2.30. The lowest BCUT2D eigenvalue weighted by atomic mass is 9.99. The number of carbonyl (C=O) groups is 2. The second-order valence-electron chi connectivity index (χ2n) is 6.06. The maximum absolute atomic E-state index is 12.5. The van der Waals surface area contributed by atoms with Crippen molar-refractivity contribution in [3.8, 4) is 0 Å². The average Bonchev–Trinajstić information content (AvgIpc) is 3.04. The third kappa shape index (κ3) is 4.43. The lowest BCUT2D eigenvalue weighted by molar-refractivity contribution is -0.123. The van der Waals surface area contributed by atoms with Gasteiger partial charge in [-0.3, -0.25) is 9.59 Å². The fourth-order valence-corrected chi connectivity index (χ4v) is 4.00. The van der Waals surface area contributed by atoms with Crippen molar-refractivity contribution in [1.29, 1.82) is 0 Å². The van der Waals surface area contributed by atoms with Crippen LogP contribution in [0.4, 0.5) is 18.9 Å². The maximum atomic E-state index is 12.5. The van der Waals surface area contributed by atoms with Crippen LogP contribution in [0.2, 0.25) is 0 Å². The van der Waals surface area contributed by atoms with Crippen LogP contribution in [0.1, 0.15) is 43.3 Å². The first-order valence-electron chi connectivity index (χ1n) is 8.20. The molecule has 3 rings (SSSR count). The number of fused-ring (bicyclic) bond motifs is 1. The molecule has 0 aliphatic heterocycles. The van der Waals surface area contributed by atoms with E-state index in [1.54, 1.807) is 6.07 Å². The van der Waals surface area contributed by atoms with Gasteiger partial charge in [-0.25, -0.2) is 0 Å². The van der Waals surface area contributed by atoms with Crippen molar-refractivity contribution < 1.29 is 22.8 Å². The summed E-state index contributed by atoms with van der Waals surface area (Å²) < 4.78 is 36.9. The minimum absolute atomic E-state index is 0.00794. The van der Waals surface area contributed by atoms with Crippen LogP contribution in [0, 0.1) is 0 Å². The molecular formula is C18H17F3N2O2S. The molecule has 0 spiro atoms. The van der Waals surface area contributed by atoms with Crippen molar-refractivity contribution in [2.24, 2.45) is 0 Å². The largest absolute Gasteiger partial charge is 0.405 e. The summed E-state index contributed by atoms with van der Waals surface area (Å²) >= 11 is 1.43. The van der Waals surface area contributed by atoms with Gasteiger partial charge in [0, 0.05) is 4.88 Å². The predicted octanol–water partition coefficient (Wildman–Crippen LogP) is 4.17. The van der Waals surface area contributed by atoms with E-state index >= 15 is 0 Å². The number of hydrogen-bond donors (Lipinski definition) is 2. The molecule has 2 amide bonds. The van der Waals surface area contributed by atoms with Gasteiger partial charge in [-0.1, -0.05) is 12.1 Å². The van der Waals surface area contributed by atoms with E-state index < -0.39 is 18.6 Å². The monoisotopic (exact) mass is 382 g/mol. The summed E-state index contributed by atoms with van der Waals surface area (Å²) in [6, 6.07) is 7.87. The number of aryl methyl sites for hydroxylation is 2. The van der Waals surface area contributed by atoms with E-state index in [-0.39, 0.29) is 17.2 Å². The molecule has 1 aliphatic carbocycles. The van der Waals surface area contributed by atoms with E-state index in [2.05, 4.69) is 5.32 Å². The lowest BCUT2D eigenvalue weighted by Gasteiger charge is -2.12. The van der Waals surface area contributed by atoms with E-state index in [1.165, 1.54) is 40.0 Å². The first-order chi connectivity index (χ1) is 12.3. The highest BCUT2D eigenvalue weighted by molar-refractivity contribution is 7.14. The number of carbonyl (C=O) groups excluding carboxylic acids is 2. The molecule has 0 saturated heterocycles. The van der Waals surface area contributed by atoms with E-state index in [9.17, 15) is 22.8 Å². The zero-order valence-electron chi connectivity index (χ0n) is 13.8. The normalized spacial score (nSPS) is 13.8. The van der Waals surface area contributed by atoms with Gasteiger partial charge < -0.3 is 10.6 Å². The van der Waals surface area contributed by atoms with Gasteiger partial charge in [0.05, 0.1) is 16.1 Å². The molecule has 0 fully saturated rings. The third-order valence-electron chi connectivity index (χ3n) is 4.09. The molecule has 8 heteroatoms. The molecule has 26 heavy (non-hydrogen) atoms. The minimum Gasteiger partial charge on any atom is -0.343 e. The molecule has 0 atom stereocenters. The molecule has 1 aromatic carbocycles. The fraction of sp³-hybridized carbons (Fsp3) is 0.333. The van der Waals surface area contributed by atoms with Gasteiger partial charge in [0.15, 0.2) is 0 Å². The van der Waals surface area contributed by atoms with Gasteiger partial charge in [0.2, 0.25) is 0 Å². The highest BCUT2D eigenvalue weighted by Gasteiger charge is 2.28. The number of alkyl halides is 3. The summed E-state index contributed by atoms with van der Waals surface area (Å²) in [6.07, 6.45) is -0.368. The number of thiophene rings is 1. The first kappa shape index (κ1) is 18.4. The minimum atomic E-state index is -4.50. The Morgan fingerprint density at radius 2 is 1.81 bits per heavy atom. The smallest absolute Gasteiger partial charge is 0.343 e. The first-order valence-corrected chi connectivity index (χ1v) is 9.02. The molecule has 4 nitrogen and oxygen atoms in total. The topological polar surface area (TPSA) is 58.2 Å². The molecule has 0 unspecified atom stereocenters. The molecule has 0 bridgehead atoms. The molecular weight excluding hydrogens is 365 g/mol. The van der Waals surface area contributed by atoms with Crippen LogP contribution in [0.3, 0.4) is 0 Å². The van der Waals surface area contributed by atoms with Crippen LogP contribution in [-0.2, 0) is 12.8 Å². The Morgan fingerprint density at radius 1 is 1.08 bits per heavy atom. The molecule has 2 aromatic rings.